The maximum absolute atomic E-state index is 11.7. The van der Waals surface area contributed by atoms with Crippen LogP contribution in [-0.2, 0) is 11.3 Å². The fourth-order valence-electron chi connectivity index (χ4n) is 2.37. The van der Waals surface area contributed by atoms with Crippen LogP contribution >= 0.6 is 0 Å². The Morgan fingerprint density at radius 1 is 1.62 bits per heavy atom. The van der Waals surface area contributed by atoms with Crippen molar-refractivity contribution in [2.45, 2.75) is 45.7 Å². The lowest BCUT2D eigenvalue weighted by Gasteiger charge is -2.17. The van der Waals surface area contributed by atoms with Gasteiger partial charge >= 0.3 is 0 Å². The Labute approximate surface area is 96.0 Å². The molecule has 16 heavy (non-hydrogen) atoms. The fourth-order valence-corrected chi connectivity index (χ4v) is 2.37. The first-order chi connectivity index (χ1) is 7.55. The van der Waals surface area contributed by atoms with Crippen molar-refractivity contribution >= 4 is 5.91 Å². The Morgan fingerprint density at radius 2 is 2.44 bits per heavy atom. The quantitative estimate of drug-likeness (QED) is 0.842. The van der Waals surface area contributed by atoms with Gasteiger partial charge in [0.1, 0.15) is 6.54 Å². The summed E-state index contributed by atoms with van der Waals surface area (Å²) in [5.74, 6) is 0.0615. The molecule has 1 saturated carbocycles. The van der Waals surface area contributed by atoms with E-state index < -0.39 is 0 Å². The number of nitrogens with zero attached hydrogens (tertiary/aromatic N) is 2. The zero-order valence-electron chi connectivity index (χ0n) is 9.94. The molecule has 1 N–H and O–H groups in total. The Kier molecular flexibility index (Phi) is 2.99. The third kappa shape index (κ3) is 2.84. The highest BCUT2D eigenvalue weighted by Gasteiger charge is 2.31. The predicted octanol–water partition coefficient (Wildman–Crippen LogP) is 1.58. The second-order valence-corrected chi connectivity index (χ2v) is 5.38. The normalized spacial score (nSPS) is 23.2. The number of rotatable bonds is 3. The van der Waals surface area contributed by atoms with Crippen molar-refractivity contribution in [1.29, 1.82) is 0 Å². The first kappa shape index (κ1) is 11.2. The van der Waals surface area contributed by atoms with Gasteiger partial charge < -0.3 is 5.32 Å². The van der Waals surface area contributed by atoms with E-state index in [4.69, 9.17) is 0 Å². The summed E-state index contributed by atoms with van der Waals surface area (Å²) in [6.07, 6.45) is 6.86. The Bertz CT molecular complexity index is 356. The highest BCUT2D eigenvalue weighted by atomic mass is 16.2. The van der Waals surface area contributed by atoms with Gasteiger partial charge in [-0.25, -0.2) is 0 Å². The van der Waals surface area contributed by atoms with E-state index in [1.165, 1.54) is 6.42 Å². The molecule has 1 fully saturated rings. The van der Waals surface area contributed by atoms with Gasteiger partial charge in [-0.05, 0) is 30.7 Å². The van der Waals surface area contributed by atoms with Crippen molar-refractivity contribution in [3.63, 3.8) is 0 Å². The van der Waals surface area contributed by atoms with E-state index in [0.717, 1.165) is 12.8 Å². The van der Waals surface area contributed by atoms with Crippen LogP contribution in [0.2, 0.25) is 0 Å². The Hall–Kier alpha value is -1.32. The first-order valence-electron chi connectivity index (χ1n) is 5.82. The summed E-state index contributed by atoms with van der Waals surface area (Å²) in [5, 5.41) is 7.09. The van der Waals surface area contributed by atoms with Gasteiger partial charge in [-0.15, -0.1) is 0 Å². The predicted molar refractivity (Wildman–Crippen MR) is 61.8 cm³/mol. The topological polar surface area (TPSA) is 46.9 Å². The number of aromatic nitrogens is 2. The molecule has 0 saturated heterocycles. The standard InChI is InChI=1S/C12H19N3O/c1-12(2)5-4-10(8-12)14-11(16)9-15-7-3-6-13-15/h3,6-7,10H,4-5,8-9H2,1-2H3,(H,14,16). The molecule has 1 amide bonds. The summed E-state index contributed by atoms with van der Waals surface area (Å²) >= 11 is 0. The van der Waals surface area contributed by atoms with E-state index in [1.54, 1.807) is 17.1 Å². The minimum absolute atomic E-state index is 0.0615. The number of carbonyl (C=O) groups excluding carboxylic acids is 1. The molecule has 1 atom stereocenters. The average molecular weight is 221 g/mol. The smallest absolute Gasteiger partial charge is 0.241 e. The average Bonchev–Trinajstić information content (AvgIpc) is 2.76. The summed E-state index contributed by atoms with van der Waals surface area (Å²) in [5.41, 5.74) is 0.379. The first-order valence-corrected chi connectivity index (χ1v) is 5.82. The summed E-state index contributed by atoms with van der Waals surface area (Å²) in [6.45, 7) is 4.84. The molecule has 0 radical (unpaired) electrons. The summed E-state index contributed by atoms with van der Waals surface area (Å²) in [4.78, 5) is 11.7. The molecule has 0 aliphatic heterocycles. The molecule has 1 aliphatic rings. The molecular weight excluding hydrogens is 202 g/mol. The van der Waals surface area contributed by atoms with Crippen molar-refractivity contribution in [3.05, 3.63) is 18.5 Å². The number of carbonyl (C=O) groups is 1. The van der Waals surface area contributed by atoms with Gasteiger partial charge in [-0.1, -0.05) is 13.8 Å². The molecule has 4 heteroatoms. The molecule has 1 aromatic rings. The van der Waals surface area contributed by atoms with Gasteiger partial charge in [0, 0.05) is 18.4 Å². The van der Waals surface area contributed by atoms with Crippen molar-refractivity contribution in [2.24, 2.45) is 5.41 Å². The van der Waals surface area contributed by atoms with Crippen LogP contribution in [0.4, 0.5) is 0 Å². The van der Waals surface area contributed by atoms with Gasteiger partial charge in [0.15, 0.2) is 0 Å². The SMILES string of the molecule is CC1(C)CCC(NC(=O)Cn2cccn2)C1. The third-order valence-electron chi connectivity index (χ3n) is 3.20. The molecule has 1 aromatic heterocycles. The maximum atomic E-state index is 11.7. The number of hydrogen-bond acceptors (Lipinski definition) is 2. The Morgan fingerprint density at radius 3 is 3.00 bits per heavy atom. The van der Waals surface area contributed by atoms with Crippen LogP contribution < -0.4 is 5.32 Å². The van der Waals surface area contributed by atoms with E-state index in [0.29, 0.717) is 18.0 Å². The zero-order chi connectivity index (χ0) is 11.6. The molecule has 2 rings (SSSR count). The molecule has 1 aliphatic carbocycles. The number of amides is 1. The molecule has 0 spiro atoms. The summed E-state index contributed by atoms with van der Waals surface area (Å²) < 4.78 is 1.65. The zero-order valence-corrected chi connectivity index (χ0v) is 9.94. The van der Waals surface area contributed by atoms with E-state index in [9.17, 15) is 4.79 Å². The lowest BCUT2D eigenvalue weighted by molar-refractivity contribution is -0.122. The second-order valence-electron chi connectivity index (χ2n) is 5.38. The van der Waals surface area contributed by atoms with Gasteiger partial charge in [0.2, 0.25) is 5.91 Å². The largest absolute Gasteiger partial charge is 0.352 e. The summed E-state index contributed by atoms with van der Waals surface area (Å²) in [7, 11) is 0. The summed E-state index contributed by atoms with van der Waals surface area (Å²) in [6, 6.07) is 2.17. The minimum Gasteiger partial charge on any atom is -0.352 e. The minimum atomic E-state index is 0.0615. The van der Waals surface area contributed by atoms with Crippen LogP contribution in [0.15, 0.2) is 18.5 Å². The van der Waals surface area contributed by atoms with Crippen molar-refractivity contribution in [1.82, 2.24) is 15.1 Å². The lowest BCUT2D eigenvalue weighted by atomic mass is 9.92. The highest BCUT2D eigenvalue weighted by Crippen LogP contribution is 2.36. The van der Waals surface area contributed by atoms with Crippen LogP contribution in [0.5, 0.6) is 0 Å². The van der Waals surface area contributed by atoms with Crippen molar-refractivity contribution in [3.8, 4) is 0 Å². The molecule has 0 bridgehead atoms. The second kappa shape index (κ2) is 4.28. The van der Waals surface area contributed by atoms with Crippen LogP contribution in [-0.4, -0.2) is 21.7 Å². The molecule has 1 unspecified atom stereocenters. The van der Waals surface area contributed by atoms with Crippen LogP contribution in [0, 0.1) is 5.41 Å². The van der Waals surface area contributed by atoms with E-state index in [2.05, 4.69) is 24.3 Å². The van der Waals surface area contributed by atoms with Gasteiger partial charge in [-0.2, -0.15) is 5.10 Å². The van der Waals surface area contributed by atoms with E-state index in [-0.39, 0.29) is 5.91 Å². The molecule has 88 valence electrons. The van der Waals surface area contributed by atoms with Crippen LogP contribution in [0.1, 0.15) is 33.1 Å². The van der Waals surface area contributed by atoms with Crippen molar-refractivity contribution in [2.75, 3.05) is 0 Å². The van der Waals surface area contributed by atoms with Gasteiger partial charge in [0.05, 0.1) is 0 Å². The molecule has 0 aromatic carbocycles. The lowest BCUT2D eigenvalue weighted by Crippen LogP contribution is -2.36. The van der Waals surface area contributed by atoms with Gasteiger partial charge in [0.25, 0.3) is 0 Å². The van der Waals surface area contributed by atoms with E-state index >= 15 is 0 Å². The maximum Gasteiger partial charge on any atom is 0.241 e. The van der Waals surface area contributed by atoms with Crippen molar-refractivity contribution < 1.29 is 4.79 Å². The molecular formula is C12H19N3O. The highest BCUT2D eigenvalue weighted by molar-refractivity contribution is 5.75. The number of nitrogens with one attached hydrogen (secondary N) is 1. The monoisotopic (exact) mass is 221 g/mol. The fraction of sp³-hybridized carbons (Fsp3) is 0.667. The van der Waals surface area contributed by atoms with Crippen LogP contribution in [0.3, 0.4) is 0 Å². The van der Waals surface area contributed by atoms with Crippen LogP contribution in [0.25, 0.3) is 0 Å². The molecule has 1 heterocycles. The molecule has 4 nitrogen and oxygen atoms in total. The Balaban J connectivity index is 1.80. The third-order valence-corrected chi connectivity index (χ3v) is 3.20. The van der Waals surface area contributed by atoms with Gasteiger partial charge in [-0.3, -0.25) is 9.48 Å². The number of hydrogen-bond donors (Lipinski definition) is 1. The van der Waals surface area contributed by atoms with E-state index in [1.807, 2.05) is 6.07 Å².